The Hall–Kier alpha value is -3.97. The van der Waals surface area contributed by atoms with Crippen LogP contribution in [0, 0.1) is 0 Å². The number of ether oxygens (including phenoxy) is 3. The first kappa shape index (κ1) is 35.5. The normalized spacial score (nSPS) is 14.7. The molecular formula is C26H33ClF3N7O8. The van der Waals surface area contributed by atoms with Gasteiger partial charge in [0.25, 0.3) is 11.7 Å². The van der Waals surface area contributed by atoms with Gasteiger partial charge in [-0.3, -0.25) is 4.79 Å². The molecule has 0 bridgehead atoms. The number of imidazole rings is 1. The van der Waals surface area contributed by atoms with Crippen molar-refractivity contribution in [3.05, 3.63) is 34.9 Å². The molecule has 7 N–H and O–H groups in total. The number of fused-ring (bicyclic) bond motifs is 1. The Morgan fingerprint density at radius 1 is 1.18 bits per heavy atom. The molecule has 1 aromatic carbocycles. The number of aliphatic hydroxyl groups excluding tert-OH is 2. The van der Waals surface area contributed by atoms with Crippen LogP contribution in [0.5, 0.6) is 5.75 Å². The predicted molar refractivity (Wildman–Crippen MR) is 150 cm³/mol. The van der Waals surface area contributed by atoms with Gasteiger partial charge in [0.05, 0.1) is 32.5 Å². The van der Waals surface area contributed by atoms with E-state index in [4.69, 9.17) is 52.3 Å². The van der Waals surface area contributed by atoms with Gasteiger partial charge in [-0.1, -0.05) is 11.6 Å². The van der Waals surface area contributed by atoms with E-state index in [9.17, 15) is 23.1 Å². The molecule has 1 aliphatic heterocycles. The van der Waals surface area contributed by atoms with Crippen LogP contribution in [0.1, 0.15) is 29.2 Å². The van der Waals surface area contributed by atoms with E-state index in [1.54, 1.807) is 0 Å². The number of anilines is 2. The Morgan fingerprint density at radius 3 is 2.51 bits per heavy atom. The number of nitrogen functional groups attached to an aromatic ring is 2. The number of rotatable bonds is 13. The molecule has 45 heavy (non-hydrogen) atoms. The molecule has 0 unspecified atom stereocenters. The highest BCUT2D eigenvalue weighted by Crippen LogP contribution is 2.25. The van der Waals surface area contributed by atoms with Gasteiger partial charge in [0.15, 0.2) is 33.5 Å². The van der Waals surface area contributed by atoms with E-state index in [1.165, 1.54) is 0 Å². The van der Waals surface area contributed by atoms with Crippen molar-refractivity contribution in [1.82, 2.24) is 19.9 Å². The summed E-state index contributed by atoms with van der Waals surface area (Å²) in [6, 6.07) is 5.66. The van der Waals surface area contributed by atoms with E-state index in [0.717, 1.165) is 29.7 Å². The van der Waals surface area contributed by atoms with Crippen LogP contribution in [0.15, 0.2) is 18.2 Å². The quantitative estimate of drug-likeness (QED) is 0.113. The van der Waals surface area contributed by atoms with Gasteiger partial charge in [0.1, 0.15) is 38.0 Å². The molecule has 1 atom stereocenters. The average molecular weight is 664 g/mol. The number of carbonyl (C=O) groups excluding carboxylic acids is 2. The van der Waals surface area contributed by atoms with E-state index < -0.39 is 18.1 Å². The number of nitrogens with zero attached hydrogens (tertiary/aromatic N) is 4. The second-order valence-electron chi connectivity index (χ2n) is 9.47. The molecule has 19 heteroatoms. The molecule has 4 rings (SSSR count). The lowest BCUT2D eigenvalue weighted by Crippen LogP contribution is -2.43. The van der Waals surface area contributed by atoms with E-state index in [2.05, 4.69) is 19.9 Å². The molecule has 1 fully saturated rings. The van der Waals surface area contributed by atoms with Crippen molar-refractivity contribution in [3.8, 4) is 5.75 Å². The first-order chi connectivity index (χ1) is 21.4. The van der Waals surface area contributed by atoms with Crippen LogP contribution in [-0.4, -0.2) is 88.5 Å². The fourth-order valence-corrected chi connectivity index (χ4v) is 4.56. The summed E-state index contributed by atoms with van der Waals surface area (Å²) >= 11 is 5.96. The second-order valence-corrected chi connectivity index (χ2v) is 9.83. The fraction of sp³-hybridized carbons (Fsp3) is 0.500. The summed E-state index contributed by atoms with van der Waals surface area (Å²) in [6.45, 7) is 2.40. The number of aromatic nitrogens is 4. The third-order valence-electron chi connectivity index (χ3n) is 6.38. The summed E-state index contributed by atoms with van der Waals surface area (Å²) in [7, 11) is 0. The molecule has 3 aromatic rings. The highest BCUT2D eigenvalue weighted by Gasteiger charge is 2.30. The molecule has 0 radical (unpaired) electrons. The summed E-state index contributed by atoms with van der Waals surface area (Å²) in [4.78, 5) is 29.7. The molecule has 248 valence electrons. The van der Waals surface area contributed by atoms with Gasteiger partial charge in [0, 0.05) is 12.7 Å². The first-order valence-corrected chi connectivity index (χ1v) is 14.0. The monoisotopic (exact) mass is 663 g/mol. The van der Waals surface area contributed by atoms with Crippen LogP contribution in [0.2, 0.25) is 5.15 Å². The lowest BCUT2D eigenvalue weighted by atomic mass is 10.2. The molecular weight excluding hydrogens is 631 g/mol. The number of aliphatic carboxylic acids is 1. The van der Waals surface area contributed by atoms with Crippen LogP contribution in [0.4, 0.5) is 24.8 Å². The van der Waals surface area contributed by atoms with Gasteiger partial charge < -0.3 is 51.1 Å². The summed E-state index contributed by atoms with van der Waals surface area (Å²) in [6.07, 6.45) is -3.29. The molecule has 2 aromatic heterocycles. The maximum absolute atomic E-state index is 13.0. The number of hydrogen-bond acceptors (Lipinski definition) is 12. The topological polar surface area (TPSA) is 224 Å². The summed E-state index contributed by atoms with van der Waals surface area (Å²) in [5, 5.41) is 29.8. The number of nitrogens with one attached hydrogen (secondary N) is 1. The van der Waals surface area contributed by atoms with Crippen molar-refractivity contribution in [3.63, 3.8) is 0 Å². The van der Waals surface area contributed by atoms with Gasteiger partial charge in [-0.25, -0.2) is 19.1 Å². The number of benzene rings is 1. The van der Waals surface area contributed by atoms with E-state index in [0.29, 0.717) is 32.1 Å². The Morgan fingerprint density at radius 2 is 1.89 bits per heavy atom. The Kier molecular flexibility index (Phi) is 12.9. The number of alkyl halides is 3. The fourth-order valence-electron chi connectivity index (χ4n) is 4.43. The number of amides is 1. The van der Waals surface area contributed by atoms with E-state index in [-0.39, 0.29) is 61.6 Å². The lowest BCUT2D eigenvalue weighted by molar-refractivity contribution is -0.681. The minimum absolute atomic E-state index is 0.0126. The molecule has 1 saturated heterocycles. The third kappa shape index (κ3) is 9.76. The van der Waals surface area contributed by atoms with Gasteiger partial charge in [0.2, 0.25) is 0 Å². The number of carboxylic acid groups (broad SMARTS) is 1. The van der Waals surface area contributed by atoms with Crippen LogP contribution in [0.25, 0.3) is 11.0 Å². The van der Waals surface area contributed by atoms with Gasteiger partial charge >= 0.3 is 6.18 Å². The highest BCUT2D eigenvalue weighted by atomic mass is 35.5. The maximum Gasteiger partial charge on any atom is 0.430 e. The van der Waals surface area contributed by atoms with E-state index in [1.807, 2.05) is 22.8 Å². The predicted octanol–water partition coefficient (Wildman–Crippen LogP) is -0.676. The Bertz CT molecular complexity index is 1470. The number of carboxylic acids is 1. The van der Waals surface area contributed by atoms with Crippen molar-refractivity contribution in [2.24, 2.45) is 0 Å². The number of halogens is 4. The van der Waals surface area contributed by atoms with Crippen LogP contribution in [-0.2, 0) is 33.9 Å². The minimum atomic E-state index is -5.19. The standard InChI is InChI=1S/C24H32ClN7O6.C2HF3O2/c25-21-23(27)30-22(26)20(29-21)24(35)28-13-19-31(5-9-36-10-6-33)17-4-3-15(38-11-7-34)12-18(17)32(19)14-16-2-1-8-37-16;3-2(4,5)1(6)7/h3-4,12,16,33-34H,1-2,5-11,13-14H2,(H4-,26,27,28,30,35);(H,6,7)/t16-;/m0./s1. The van der Waals surface area contributed by atoms with Gasteiger partial charge in [-0.2, -0.15) is 13.2 Å². The molecule has 0 aliphatic carbocycles. The molecule has 1 aliphatic rings. The average Bonchev–Trinajstić information content (AvgIpc) is 3.61. The van der Waals surface area contributed by atoms with Crippen LogP contribution in [0.3, 0.4) is 0 Å². The van der Waals surface area contributed by atoms with Gasteiger partial charge in [-0.05, 0) is 25.0 Å². The summed E-state index contributed by atoms with van der Waals surface area (Å²) in [5.74, 6) is -2.36. The third-order valence-corrected chi connectivity index (χ3v) is 6.65. The lowest BCUT2D eigenvalue weighted by Gasteiger charge is -2.11. The van der Waals surface area contributed by atoms with Gasteiger partial charge in [-0.15, -0.1) is 0 Å². The maximum atomic E-state index is 13.0. The smallest absolute Gasteiger partial charge is 0.430 e. The zero-order chi connectivity index (χ0) is 33.1. The molecule has 3 heterocycles. The van der Waals surface area contributed by atoms with Crippen molar-refractivity contribution in [1.29, 1.82) is 0 Å². The largest absolute Gasteiger partial charge is 0.542 e. The minimum Gasteiger partial charge on any atom is -0.542 e. The zero-order valence-electron chi connectivity index (χ0n) is 23.9. The molecule has 0 spiro atoms. The van der Waals surface area contributed by atoms with Crippen molar-refractivity contribution in [2.45, 2.75) is 44.8 Å². The van der Waals surface area contributed by atoms with Crippen molar-refractivity contribution in [2.75, 3.05) is 51.1 Å². The first-order valence-electron chi connectivity index (χ1n) is 13.6. The molecule has 15 nitrogen and oxygen atoms in total. The summed E-state index contributed by atoms with van der Waals surface area (Å²) < 4.78 is 52.8. The molecule has 0 saturated carbocycles. The van der Waals surface area contributed by atoms with E-state index >= 15 is 0 Å². The Balaban J connectivity index is 0.000000707. The van der Waals surface area contributed by atoms with Crippen LogP contribution >= 0.6 is 11.6 Å². The molecule has 1 amide bonds. The second kappa shape index (κ2) is 16.4. The number of nitrogens with two attached hydrogens (primary N) is 2. The Labute approximate surface area is 259 Å². The van der Waals surface area contributed by atoms with Crippen molar-refractivity contribution < 1.29 is 56.9 Å². The van der Waals surface area contributed by atoms with Crippen molar-refractivity contribution >= 4 is 46.1 Å². The van der Waals surface area contributed by atoms with Crippen LogP contribution < -0.4 is 31.2 Å². The zero-order valence-corrected chi connectivity index (χ0v) is 24.6. The summed E-state index contributed by atoms with van der Waals surface area (Å²) in [5.41, 5.74) is 13.2. The highest BCUT2D eigenvalue weighted by molar-refractivity contribution is 6.31. The SMILES string of the molecule is Nc1nc(N)c(C(=O)NCc2n(C[C@@H]3CCCO3)c3cc(OCCO)ccc3[n+]2CCOCCO)nc1Cl.O=C([O-])C(F)(F)F. The number of hydrogen-bond donors (Lipinski definition) is 5. The number of aliphatic hydroxyl groups is 2. The number of carbonyl (C=O) groups is 2.